The maximum absolute atomic E-state index is 8.89. The van der Waals surface area contributed by atoms with E-state index < -0.39 is 5.97 Å². The number of H-pyrrole nitrogens is 1. The number of aliphatic carboxylic acids is 1. The topological polar surface area (TPSA) is 195 Å². The van der Waals surface area contributed by atoms with Crippen LogP contribution in [0.4, 0.5) is 0 Å². The first-order valence-corrected chi connectivity index (χ1v) is 6.94. The molecular weight excluding hydrogens is 332 g/mol. The lowest BCUT2D eigenvalue weighted by molar-refractivity contribution is -0.671. The minimum absolute atomic E-state index is 0.123. The van der Waals surface area contributed by atoms with Crippen molar-refractivity contribution in [2.75, 3.05) is 0 Å². The van der Waals surface area contributed by atoms with Crippen molar-refractivity contribution in [1.29, 1.82) is 0 Å². The number of rotatable bonds is 3. The number of amidine groups is 2. The van der Waals surface area contributed by atoms with Crippen LogP contribution in [0.5, 0.6) is 0 Å². The number of imidazole rings is 2. The summed E-state index contributed by atoms with van der Waals surface area (Å²) in [5, 5.41) is 31.1. The number of aryl methyl sites for hydroxylation is 2. The van der Waals surface area contributed by atoms with Crippen molar-refractivity contribution in [2.24, 2.45) is 28.8 Å². The maximum atomic E-state index is 8.89. The lowest BCUT2D eigenvalue weighted by atomic mass is 10.3. The molecule has 0 aliphatic carbocycles. The summed E-state index contributed by atoms with van der Waals surface area (Å²) in [6, 6.07) is 0. The molecule has 25 heavy (non-hydrogen) atoms. The van der Waals surface area contributed by atoms with Gasteiger partial charge in [-0.05, 0) is 13.8 Å². The number of carboxylic acids is 1. The lowest BCUT2D eigenvalue weighted by Crippen LogP contribution is -2.23. The smallest absolute Gasteiger partial charge is 0.243 e. The number of nitrogens with zero attached hydrogens (tertiary/aromatic N) is 5. The van der Waals surface area contributed by atoms with Gasteiger partial charge < -0.3 is 36.8 Å². The number of carbonyl (C=O) groups is 1. The van der Waals surface area contributed by atoms with Gasteiger partial charge in [-0.15, -0.1) is 0 Å². The van der Waals surface area contributed by atoms with Gasteiger partial charge >= 0.3 is 0 Å². The van der Waals surface area contributed by atoms with Crippen molar-refractivity contribution in [3.8, 4) is 0 Å². The molecule has 2 aromatic heterocycles. The van der Waals surface area contributed by atoms with Crippen LogP contribution in [0.2, 0.25) is 0 Å². The molecule has 0 fully saturated rings. The minimum atomic E-state index is -1.08. The molecule has 0 bridgehead atoms. The van der Waals surface area contributed by atoms with Crippen molar-refractivity contribution >= 4 is 17.6 Å². The molecule has 0 amide bonds. The van der Waals surface area contributed by atoms with Gasteiger partial charge in [0.2, 0.25) is 6.33 Å². The van der Waals surface area contributed by atoms with Gasteiger partial charge in [-0.2, -0.15) is 0 Å². The van der Waals surface area contributed by atoms with Crippen LogP contribution in [0.15, 0.2) is 35.4 Å². The Kier molecular flexibility index (Phi) is 9.46. The van der Waals surface area contributed by atoms with Gasteiger partial charge in [0.1, 0.15) is 23.8 Å². The van der Waals surface area contributed by atoms with E-state index in [1.807, 2.05) is 17.8 Å². The number of carbonyl (C=O) groups excluding carboxylic acids is 1. The van der Waals surface area contributed by atoms with Gasteiger partial charge in [0.05, 0.1) is 19.9 Å². The summed E-state index contributed by atoms with van der Waals surface area (Å²) in [5.41, 5.74) is 10.8. The van der Waals surface area contributed by atoms with Crippen molar-refractivity contribution in [3.05, 3.63) is 36.4 Å². The fourth-order valence-corrected chi connectivity index (χ4v) is 1.47. The van der Waals surface area contributed by atoms with Gasteiger partial charge in [-0.25, -0.2) is 14.1 Å². The fraction of sp³-hybridized carbons (Fsp3) is 0.308. The SMILES string of the molecule is CC(=O)[O-].CCn1cc[n+](C)c1.N/C(=N\O)c1nc[nH]c1/C(N)=N/O. The maximum Gasteiger partial charge on any atom is 0.243 e. The number of hydrogen-bond donors (Lipinski definition) is 5. The Morgan fingerprint density at radius 1 is 1.40 bits per heavy atom. The molecule has 7 N–H and O–H groups in total. The van der Waals surface area contributed by atoms with Gasteiger partial charge in [-0.1, -0.05) is 10.3 Å². The van der Waals surface area contributed by atoms with Gasteiger partial charge in [0.25, 0.3) is 0 Å². The first-order valence-electron chi connectivity index (χ1n) is 6.94. The predicted molar refractivity (Wildman–Crippen MR) is 85.6 cm³/mol. The van der Waals surface area contributed by atoms with E-state index in [0.717, 1.165) is 13.5 Å². The number of carboxylic acid groups (broad SMARTS) is 1. The molecular formula is C13H22N8O4. The highest BCUT2D eigenvalue weighted by Gasteiger charge is 2.13. The highest BCUT2D eigenvalue weighted by molar-refractivity contribution is 6.07. The molecule has 0 saturated heterocycles. The summed E-state index contributed by atoms with van der Waals surface area (Å²) in [5.74, 6) is -1.50. The van der Waals surface area contributed by atoms with Crippen LogP contribution >= 0.6 is 0 Å². The number of nitrogens with one attached hydrogen (secondary N) is 1. The van der Waals surface area contributed by atoms with Crippen LogP contribution in [0, 0.1) is 0 Å². The molecule has 0 unspecified atom stereocenters. The average Bonchev–Trinajstić information content (AvgIpc) is 3.22. The predicted octanol–water partition coefficient (Wildman–Crippen LogP) is -2.31. The molecule has 0 aromatic carbocycles. The van der Waals surface area contributed by atoms with E-state index in [0.29, 0.717) is 0 Å². The summed E-state index contributed by atoms with van der Waals surface area (Å²) in [6.45, 7) is 4.15. The van der Waals surface area contributed by atoms with E-state index >= 15 is 0 Å². The summed E-state index contributed by atoms with van der Waals surface area (Å²) in [7, 11) is 2.02. The minimum Gasteiger partial charge on any atom is -0.550 e. The molecule has 0 aliphatic rings. The van der Waals surface area contributed by atoms with Crippen LogP contribution in [-0.2, 0) is 18.4 Å². The monoisotopic (exact) mass is 354 g/mol. The standard InChI is InChI=1S/C6H11N2.C5H8N6O2.C2H4O2/c1-3-8-5-4-7(2)6-8;6-4(10-12)2-3(5(7)11-13)9-1-8-2;1-2(3)4/h4-6H,3H2,1-2H3;1,12-13H,(H2,6,10)(H2,7,11)(H,8,9);1H3,(H,3,4)/q+1;;/p-1. The number of hydrogen-bond acceptors (Lipinski definition) is 7. The van der Waals surface area contributed by atoms with Crippen LogP contribution in [-0.4, -0.2) is 42.6 Å². The first kappa shape index (κ1) is 21.4. The molecule has 0 saturated carbocycles. The molecule has 12 heteroatoms. The zero-order chi connectivity index (χ0) is 19.4. The summed E-state index contributed by atoms with van der Waals surface area (Å²) >= 11 is 0. The Morgan fingerprint density at radius 3 is 2.32 bits per heavy atom. The average molecular weight is 354 g/mol. The van der Waals surface area contributed by atoms with Crippen LogP contribution in [0.1, 0.15) is 25.2 Å². The molecule has 12 nitrogen and oxygen atoms in total. The third-order valence-corrected chi connectivity index (χ3v) is 2.54. The zero-order valence-corrected chi connectivity index (χ0v) is 14.1. The second-order valence-electron chi connectivity index (χ2n) is 4.50. The first-order chi connectivity index (χ1) is 11.8. The lowest BCUT2D eigenvalue weighted by Gasteiger charge is -1.97. The van der Waals surface area contributed by atoms with E-state index in [4.69, 9.17) is 31.8 Å². The van der Waals surface area contributed by atoms with E-state index in [-0.39, 0.29) is 23.1 Å². The third kappa shape index (κ3) is 8.01. The second kappa shape index (κ2) is 11.0. The summed E-state index contributed by atoms with van der Waals surface area (Å²) in [4.78, 5) is 15.2. The van der Waals surface area contributed by atoms with Crippen molar-refractivity contribution in [2.45, 2.75) is 20.4 Å². The quantitative estimate of drug-likeness (QED) is 0.134. The van der Waals surface area contributed by atoms with Crippen molar-refractivity contribution in [1.82, 2.24) is 14.5 Å². The van der Waals surface area contributed by atoms with Crippen LogP contribution in [0.3, 0.4) is 0 Å². The van der Waals surface area contributed by atoms with E-state index in [9.17, 15) is 0 Å². The second-order valence-corrected chi connectivity index (χ2v) is 4.50. The Labute approximate surface area is 143 Å². The van der Waals surface area contributed by atoms with Crippen molar-refractivity contribution in [3.63, 3.8) is 0 Å². The molecule has 2 heterocycles. The highest BCUT2D eigenvalue weighted by atomic mass is 16.4. The molecule has 0 atom stereocenters. The van der Waals surface area contributed by atoms with Gasteiger partial charge in [-0.3, -0.25) is 0 Å². The largest absolute Gasteiger partial charge is 0.550 e. The van der Waals surface area contributed by atoms with E-state index in [1.165, 1.54) is 6.33 Å². The van der Waals surface area contributed by atoms with E-state index in [2.05, 4.69) is 44.3 Å². The fourth-order valence-electron chi connectivity index (χ4n) is 1.47. The number of aromatic nitrogens is 4. The highest BCUT2D eigenvalue weighted by Crippen LogP contribution is 2.01. The molecule has 138 valence electrons. The Morgan fingerprint density at radius 2 is 1.96 bits per heavy atom. The van der Waals surface area contributed by atoms with Crippen LogP contribution in [0.25, 0.3) is 0 Å². The number of aromatic amines is 1. The van der Waals surface area contributed by atoms with Gasteiger partial charge in [0.15, 0.2) is 11.7 Å². The Balaban J connectivity index is 0.000000407. The molecule has 0 aliphatic heterocycles. The molecule has 2 rings (SSSR count). The normalized spacial score (nSPS) is 11.0. The Hall–Kier alpha value is -3.57. The third-order valence-electron chi connectivity index (χ3n) is 2.54. The Bertz CT molecular complexity index is 683. The number of nitrogens with two attached hydrogens (primary N) is 2. The van der Waals surface area contributed by atoms with Crippen LogP contribution < -0.4 is 21.1 Å². The zero-order valence-electron chi connectivity index (χ0n) is 14.1. The summed E-state index contributed by atoms with van der Waals surface area (Å²) in [6.07, 6.45) is 7.42. The molecule has 2 aromatic rings. The molecule has 0 radical (unpaired) electrons. The van der Waals surface area contributed by atoms with E-state index in [1.54, 1.807) is 0 Å². The van der Waals surface area contributed by atoms with Crippen molar-refractivity contribution < 1.29 is 24.9 Å². The van der Waals surface area contributed by atoms with Gasteiger partial charge in [0, 0.05) is 5.97 Å². The number of oxime groups is 2. The summed E-state index contributed by atoms with van der Waals surface area (Å²) < 4.78 is 4.16. The molecule has 0 spiro atoms.